The number of nitrogens with zero attached hydrogens (tertiary/aromatic N) is 2. The number of aliphatic hydroxyl groups excluding tert-OH is 1. The van der Waals surface area contributed by atoms with Crippen LogP contribution in [-0.4, -0.2) is 85.4 Å². The lowest BCUT2D eigenvalue weighted by molar-refractivity contribution is -0.154. The average molecular weight is 656 g/mol. The Balaban J connectivity index is 2.00. The van der Waals surface area contributed by atoms with Crippen molar-refractivity contribution in [2.24, 2.45) is 17.3 Å². The second-order valence-corrected chi connectivity index (χ2v) is 16.4. The third-order valence-corrected chi connectivity index (χ3v) is 11.9. The van der Waals surface area contributed by atoms with Crippen LogP contribution in [0.5, 0.6) is 0 Å². The summed E-state index contributed by atoms with van der Waals surface area (Å²) >= 11 is 5.49. The van der Waals surface area contributed by atoms with E-state index in [-0.39, 0.29) is 39.9 Å². The fourth-order valence-corrected chi connectivity index (χ4v) is 11.1. The second-order valence-electron chi connectivity index (χ2n) is 13.7. The average Bonchev–Trinajstić information content (AvgIpc) is 3.46. The van der Waals surface area contributed by atoms with Crippen molar-refractivity contribution in [3.05, 3.63) is 25.3 Å². The number of fused-ring (bicyclic) bond motifs is 1. The van der Waals surface area contributed by atoms with Gasteiger partial charge in [-0.3, -0.25) is 14.4 Å². The molecule has 0 aromatic carbocycles. The number of amides is 2. The molecule has 0 radical (unpaired) electrons. The third kappa shape index (κ3) is 7.26. The number of hydrogen-bond donors (Lipinski definition) is 1. The number of likely N-dealkylation sites (tertiary alicyclic amines) is 1. The maximum atomic E-state index is 14.8. The molecule has 3 unspecified atom stereocenters. The van der Waals surface area contributed by atoms with Crippen molar-refractivity contribution in [2.75, 3.05) is 26.3 Å². The summed E-state index contributed by atoms with van der Waals surface area (Å²) < 4.78 is 5.02. The van der Waals surface area contributed by atoms with E-state index in [1.165, 1.54) is 0 Å². The second kappa shape index (κ2) is 14.0. The highest BCUT2D eigenvalue weighted by atomic mass is 79.9. The third-order valence-electron chi connectivity index (χ3n) is 8.67. The van der Waals surface area contributed by atoms with Crippen LogP contribution in [0.25, 0.3) is 0 Å². The molecule has 7 nitrogen and oxygen atoms in total. The van der Waals surface area contributed by atoms with Gasteiger partial charge in [0.1, 0.15) is 6.04 Å². The minimum Gasteiger partial charge on any atom is -0.465 e. The van der Waals surface area contributed by atoms with Crippen LogP contribution in [0.2, 0.25) is 0 Å². The summed E-state index contributed by atoms with van der Waals surface area (Å²) in [6.45, 7) is 19.7. The normalized spacial score (nSPS) is 29.0. The van der Waals surface area contributed by atoms with Crippen molar-refractivity contribution < 1.29 is 24.2 Å². The van der Waals surface area contributed by atoms with Gasteiger partial charge in [0.25, 0.3) is 0 Å². The predicted molar refractivity (Wildman–Crippen MR) is 170 cm³/mol. The Kier molecular flexibility index (Phi) is 11.7. The van der Waals surface area contributed by atoms with E-state index in [0.717, 1.165) is 38.5 Å². The summed E-state index contributed by atoms with van der Waals surface area (Å²) in [7, 11) is 0. The van der Waals surface area contributed by atoms with Crippen molar-refractivity contribution in [1.29, 1.82) is 0 Å². The molecule has 3 rings (SSSR count). The molecule has 232 valence electrons. The number of halogens is 1. The van der Waals surface area contributed by atoms with Crippen molar-refractivity contribution in [3.8, 4) is 0 Å². The summed E-state index contributed by atoms with van der Waals surface area (Å²) in [5.74, 6) is -1.65. The van der Waals surface area contributed by atoms with Crippen molar-refractivity contribution in [2.45, 2.75) is 112 Å². The molecule has 3 saturated heterocycles. The largest absolute Gasteiger partial charge is 0.465 e. The molecule has 2 bridgehead atoms. The molecule has 0 aromatic heterocycles. The SMILES string of the molecule is C=CCCCOC(=O)[C@H]1[C@H]2C(=O)N(CCCCCCO)C(C(=O)N(CC=C)C(C)(C)CC(C)(C)C)C23CC(Br)[C@@H]1S3. The molecule has 6 atom stereocenters. The molecule has 0 saturated carbocycles. The van der Waals surface area contributed by atoms with Crippen LogP contribution in [-0.2, 0) is 19.1 Å². The van der Waals surface area contributed by atoms with Gasteiger partial charge in [-0.25, -0.2) is 0 Å². The van der Waals surface area contributed by atoms with Crippen molar-refractivity contribution >= 4 is 45.5 Å². The number of unbranched alkanes of at least 4 members (excludes halogenated alkanes) is 4. The molecule has 3 fully saturated rings. The zero-order valence-electron chi connectivity index (χ0n) is 25.7. The molecule has 3 heterocycles. The van der Waals surface area contributed by atoms with Crippen molar-refractivity contribution in [1.82, 2.24) is 9.80 Å². The zero-order valence-corrected chi connectivity index (χ0v) is 28.1. The van der Waals surface area contributed by atoms with E-state index in [1.54, 1.807) is 28.8 Å². The quantitative estimate of drug-likeness (QED) is 0.0988. The van der Waals surface area contributed by atoms with E-state index >= 15 is 0 Å². The van der Waals surface area contributed by atoms with Gasteiger partial charge in [0.15, 0.2) is 0 Å². The van der Waals surface area contributed by atoms with Crippen molar-refractivity contribution in [3.63, 3.8) is 0 Å². The van der Waals surface area contributed by atoms with Crippen LogP contribution in [0.4, 0.5) is 0 Å². The molecule has 41 heavy (non-hydrogen) atoms. The lowest BCUT2D eigenvalue weighted by atomic mass is 9.70. The van der Waals surface area contributed by atoms with E-state index in [9.17, 15) is 19.5 Å². The molecule has 1 spiro atoms. The van der Waals surface area contributed by atoms with Crippen LogP contribution in [0.15, 0.2) is 25.3 Å². The van der Waals surface area contributed by atoms with E-state index in [4.69, 9.17) is 4.74 Å². The molecule has 3 aliphatic heterocycles. The van der Waals surface area contributed by atoms with Crippen LogP contribution in [0, 0.1) is 17.3 Å². The summed E-state index contributed by atoms with van der Waals surface area (Å²) in [5.41, 5.74) is -0.476. The molecule has 2 amide bonds. The Morgan fingerprint density at radius 1 is 1.15 bits per heavy atom. The number of ether oxygens (including phenoxy) is 1. The maximum Gasteiger partial charge on any atom is 0.310 e. The number of rotatable bonds is 16. The summed E-state index contributed by atoms with van der Waals surface area (Å²) in [6.07, 6.45) is 9.65. The molecule has 0 aliphatic carbocycles. The Labute approximate surface area is 260 Å². The predicted octanol–water partition coefficient (Wildman–Crippen LogP) is 5.74. The minimum absolute atomic E-state index is 0.0100. The first kappa shape index (κ1) is 34.2. The van der Waals surface area contributed by atoms with Gasteiger partial charge < -0.3 is 19.6 Å². The first-order valence-electron chi connectivity index (χ1n) is 15.2. The van der Waals surface area contributed by atoms with E-state index < -0.39 is 28.2 Å². The standard InChI is InChI=1S/C32H51BrN2O5S/c1-8-10-15-19-40-29(39)23-24-27(37)34(17-13-11-12-14-18-36)26(32(24)20-22(33)25(23)41-32)28(38)35(16-9-2)31(6,7)21-30(3,4)5/h8-9,22-26,36H,1-2,10-21H2,3-7H3/t22?,23-,24-,25-,26?,32?/m0/s1. The van der Waals surface area contributed by atoms with E-state index in [2.05, 4.69) is 63.7 Å². The van der Waals surface area contributed by atoms with E-state index in [1.807, 2.05) is 4.90 Å². The van der Waals surface area contributed by atoms with Gasteiger partial charge in [0.05, 0.1) is 23.2 Å². The smallest absolute Gasteiger partial charge is 0.310 e. The monoisotopic (exact) mass is 654 g/mol. The topological polar surface area (TPSA) is 87.1 Å². The number of carbonyl (C=O) groups is 3. The van der Waals surface area contributed by atoms with Crippen LogP contribution >= 0.6 is 27.7 Å². The number of alkyl halides is 1. The van der Waals surface area contributed by atoms with Gasteiger partial charge in [-0.2, -0.15) is 0 Å². The molecular weight excluding hydrogens is 604 g/mol. The number of thioether (sulfide) groups is 1. The molecule has 3 aliphatic rings. The fourth-order valence-electron chi connectivity index (χ4n) is 7.47. The number of carbonyl (C=O) groups excluding carboxylic acids is 3. The number of esters is 1. The van der Waals surface area contributed by atoms with E-state index in [0.29, 0.717) is 32.5 Å². The molecular formula is C32H51BrN2O5S. The molecule has 9 heteroatoms. The highest BCUT2D eigenvalue weighted by molar-refractivity contribution is 9.09. The molecule has 1 N–H and O–H groups in total. The first-order chi connectivity index (χ1) is 19.3. The van der Waals surface area contributed by atoms with Gasteiger partial charge in [0, 0.05) is 35.3 Å². The number of aliphatic hydroxyl groups is 1. The zero-order chi connectivity index (χ0) is 30.6. The van der Waals surface area contributed by atoms with Gasteiger partial charge in [-0.1, -0.05) is 61.7 Å². The molecule has 0 aromatic rings. The lowest BCUT2D eigenvalue weighted by Gasteiger charge is -2.46. The highest BCUT2D eigenvalue weighted by Gasteiger charge is 2.76. The van der Waals surface area contributed by atoms with Gasteiger partial charge in [-0.05, 0) is 57.8 Å². The van der Waals surface area contributed by atoms with Crippen LogP contribution in [0.3, 0.4) is 0 Å². The first-order valence-corrected chi connectivity index (χ1v) is 17.0. The van der Waals surface area contributed by atoms with Crippen LogP contribution < -0.4 is 0 Å². The Morgan fingerprint density at radius 3 is 2.44 bits per heavy atom. The van der Waals surface area contributed by atoms with Gasteiger partial charge >= 0.3 is 5.97 Å². The number of hydrogen-bond acceptors (Lipinski definition) is 6. The number of allylic oxidation sites excluding steroid dienone is 1. The lowest BCUT2D eigenvalue weighted by Crippen LogP contribution is -2.60. The summed E-state index contributed by atoms with van der Waals surface area (Å²) in [6, 6.07) is -0.661. The summed E-state index contributed by atoms with van der Waals surface area (Å²) in [5, 5.41) is 9.08. The maximum absolute atomic E-state index is 14.8. The Morgan fingerprint density at radius 2 is 1.83 bits per heavy atom. The Hall–Kier alpha value is -1.32. The highest BCUT2D eigenvalue weighted by Crippen LogP contribution is 2.68. The fraction of sp³-hybridized carbons (Fsp3) is 0.781. The van der Waals surface area contributed by atoms with Gasteiger partial charge in [0.2, 0.25) is 11.8 Å². The van der Waals surface area contributed by atoms with Crippen LogP contribution in [0.1, 0.15) is 86.0 Å². The van der Waals surface area contributed by atoms with Gasteiger partial charge in [-0.15, -0.1) is 24.9 Å². The Bertz CT molecular complexity index is 982. The summed E-state index contributed by atoms with van der Waals surface area (Å²) in [4.78, 5) is 46.3. The minimum atomic E-state index is -0.694.